The first-order valence-corrected chi connectivity index (χ1v) is 7.49. The molecule has 1 rings (SSSR count). The van der Waals surface area contributed by atoms with Crippen molar-refractivity contribution >= 4 is 9.84 Å². The summed E-state index contributed by atoms with van der Waals surface area (Å²) in [6.07, 6.45) is 6.20. The minimum Gasteiger partial charge on any atom is -0.472 e. The molecule has 16 heavy (non-hydrogen) atoms. The first-order valence-electron chi connectivity index (χ1n) is 5.43. The summed E-state index contributed by atoms with van der Waals surface area (Å²) in [6, 6.07) is 1.83. The summed E-state index contributed by atoms with van der Waals surface area (Å²) in [5, 5.41) is 3.24. The zero-order chi connectivity index (χ0) is 12.0. The minimum atomic E-state index is -2.95. The van der Waals surface area contributed by atoms with Crippen LogP contribution in [0.5, 0.6) is 0 Å². The van der Waals surface area contributed by atoms with Crippen molar-refractivity contribution in [1.29, 1.82) is 0 Å². The highest BCUT2D eigenvalue weighted by Gasteiger charge is 2.15. The summed E-state index contributed by atoms with van der Waals surface area (Å²) in [7, 11) is -2.95. The molecule has 1 unspecified atom stereocenters. The molecule has 0 aromatic carbocycles. The van der Waals surface area contributed by atoms with Crippen molar-refractivity contribution in [2.45, 2.75) is 25.8 Å². The van der Waals surface area contributed by atoms with Gasteiger partial charge in [0.25, 0.3) is 0 Å². The van der Waals surface area contributed by atoms with Gasteiger partial charge in [-0.2, -0.15) is 0 Å². The van der Waals surface area contributed by atoms with Gasteiger partial charge < -0.3 is 9.73 Å². The van der Waals surface area contributed by atoms with Gasteiger partial charge in [-0.1, -0.05) is 6.92 Å². The predicted octanol–water partition coefficient (Wildman–Crippen LogP) is 1.23. The van der Waals surface area contributed by atoms with E-state index in [0.29, 0.717) is 6.42 Å². The lowest BCUT2D eigenvalue weighted by Crippen LogP contribution is -2.37. The Morgan fingerprint density at radius 1 is 1.50 bits per heavy atom. The van der Waals surface area contributed by atoms with E-state index < -0.39 is 9.84 Å². The van der Waals surface area contributed by atoms with Crippen LogP contribution < -0.4 is 5.32 Å². The molecule has 1 aromatic rings. The van der Waals surface area contributed by atoms with Gasteiger partial charge in [0.15, 0.2) is 0 Å². The highest BCUT2D eigenvalue weighted by atomic mass is 32.2. The van der Waals surface area contributed by atoms with Crippen LogP contribution in [0.3, 0.4) is 0 Å². The lowest BCUT2D eigenvalue weighted by molar-refractivity contribution is 0.523. The van der Waals surface area contributed by atoms with E-state index in [4.69, 9.17) is 4.42 Å². The standard InChI is InChI=1S/C11H19NO3S/c1-3-5-12-11(9-16(2,13)14)7-10-4-6-15-8-10/h4,6,8,11-12H,3,5,7,9H2,1-2H3. The van der Waals surface area contributed by atoms with Crippen molar-refractivity contribution in [3.8, 4) is 0 Å². The van der Waals surface area contributed by atoms with Gasteiger partial charge in [0.05, 0.1) is 18.3 Å². The summed E-state index contributed by atoms with van der Waals surface area (Å²) >= 11 is 0. The molecule has 5 heteroatoms. The second-order valence-electron chi connectivity index (χ2n) is 4.08. The van der Waals surface area contributed by atoms with E-state index in [0.717, 1.165) is 18.5 Å². The van der Waals surface area contributed by atoms with E-state index in [1.54, 1.807) is 12.5 Å². The highest BCUT2D eigenvalue weighted by molar-refractivity contribution is 7.90. The van der Waals surface area contributed by atoms with Gasteiger partial charge >= 0.3 is 0 Å². The van der Waals surface area contributed by atoms with Crippen LogP contribution in [-0.4, -0.2) is 33.0 Å². The van der Waals surface area contributed by atoms with Gasteiger partial charge in [0, 0.05) is 12.3 Å². The maximum atomic E-state index is 11.3. The Balaban J connectivity index is 2.56. The van der Waals surface area contributed by atoms with Crippen LogP contribution in [0.15, 0.2) is 23.0 Å². The van der Waals surface area contributed by atoms with Crippen LogP contribution in [0, 0.1) is 0 Å². The quantitative estimate of drug-likeness (QED) is 0.785. The SMILES string of the molecule is CCCNC(Cc1ccoc1)CS(C)(=O)=O. The van der Waals surface area contributed by atoms with E-state index >= 15 is 0 Å². The van der Waals surface area contributed by atoms with Gasteiger partial charge in [-0.25, -0.2) is 8.42 Å². The van der Waals surface area contributed by atoms with Crippen molar-refractivity contribution in [2.24, 2.45) is 0 Å². The zero-order valence-corrected chi connectivity index (χ0v) is 10.6. The Bertz CT molecular complexity index is 383. The Labute approximate surface area is 97.0 Å². The number of hydrogen-bond donors (Lipinski definition) is 1. The topological polar surface area (TPSA) is 59.3 Å². The van der Waals surface area contributed by atoms with Crippen LogP contribution in [0.1, 0.15) is 18.9 Å². The molecule has 1 N–H and O–H groups in total. The van der Waals surface area contributed by atoms with Crippen LogP contribution >= 0.6 is 0 Å². The molecule has 0 amide bonds. The smallest absolute Gasteiger partial charge is 0.148 e. The van der Waals surface area contributed by atoms with Crippen molar-refractivity contribution in [3.63, 3.8) is 0 Å². The average molecular weight is 245 g/mol. The molecule has 1 heterocycles. The molecular weight excluding hydrogens is 226 g/mol. The molecule has 92 valence electrons. The molecule has 0 aliphatic heterocycles. The maximum Gasteiger partial charge on any atom is 0.148 e. The number of rotatable bonds is 7. The normalized spacial score (nSPS) is 13.9. The summed E-state index contributed by atoms with van der Waals surface area (Å²) in [6.45, 7) is 2.89. The Kier molecular flexibility index (Phi) is 5.02. The fraction of sp³-hybridized carbons (Fsp3) is 0.636. The van der Waals surface area contributed by atoms with Crippen LogP contribution in [0.25, 0.3) is 0 Å². The summed E-state index contributed by atoms with van der Waals surface area (Å²) in [4.78, 5) is 0. The number of sulfone groups is 1. The fourth-order valence-electron chi connectivity index (χ4n) is 1.60. The second kappa shape index (κ2) is 6.06. The average Bonchev–Trinajstić information content (AvgIpc) is 2.64. The first kappa shape index (κ1) is 13.3. The largest absolute Gasteiger partial charge is 0.472 e. The molecule has 0 aliphatic carbocycles. The van der Waals surface area contributed by atoms with Crippen LogP contribution in [-0.2, 0) is 16.3 Å². The molecule has 0 saturated carbocycles. The van der Waals surface area contributed by atoms with Crippen LogP contribution in [0.2, 0.25) is 0 Å². The lowest BCUT2D eigenvalue weighted by atomic mass is 10.1. The Morgan fingerprint density at radius 2 is 2.25 bits per heavy atom. The molecule has 0 bridgehead atoms. The summed E-state index contributed by atoms with van der Waals surface area (Å²) in [5.41, 5.74) is 1.03. The van der Waals surface area contributed by atoms with Crippen LogP contribution in [0.4, 0.5) is 0 Å². The Hall–Kier alpha value is -0.810. The molecule has 1 atom stereocenters. The molecule has 0 fully saturated rings. The van der Waals surface area contributed by atoms with Crippen molar-refractivity contribution < 1.29 is 12.8 Å². The number of nitrogens with one attached hydrogen (secondary N) is 1. The molecule has 0 spiro atoms. The van der Waals surface area contributed by atoms with E-state index in [9.17, 15) is 8.42 Å². The molecule has 0 saturated heterocycles. The second-order valence-corrected chi connectivity index (χ2v) is 6.26. The van der Waals surface area contributed by atoms with Crippen molar-refractivity contribution in [2.75, 3.05) is 18.6 Å². The number of furan rings is 1. The third-order valence-corrected chi connectivity index (χ3v) is 3.26. The predicted molar refractivity (Wildman–Crippen MR) is 64.2 cm³/mol. The maximum absolute atomic E-state index is 11.3. The first-order chi connectivity index (χ1) is 7.51. The monoisotopic (exact) mass is 245 g/mol. The van der Waals surface area contributed by atoms with Gasteiger partial charge in [-0.3, -0.25) is 0 Å². The Morgan fingerprint density at radius 3 is 2.75 bits per heavy atom. The third kappa shape index (κ3) is 5.32. The van der Waals surface area contributed by atoms with E-state index in [-0.39, 0.29) is 11.8 Å². The summed E-state index contributed by atoms with van der Waals surface area (Å²) in [5.74, 6) is 0.165. The van der Waals surface area contributed by atoms with E-state index in [1.807, 2.05) is 6.07 Å². The van der Waals surface area contributed by atoms with Gasteiger partial charge in [-0.15, -0.1) is 0 Å². The highest BCUT2D eigenvalue weighted by Crippen LogP contribution is 2.06. The fourth-order valence-corrected chi connectivity index (χ4v) is 2.56. The van der Waals surface area contributed by atoms with Gasteiger partial charge in [0.1, 0.15) is 9.84 Å². The van der Waals surface area contributed by atoms with Crippen molar-refractivity contribution in [3.05, 3.63) is 24.2 Å². The van der Waals surface area contributed by atoms with E-state index in [1.165, 1.54) is 6.26 Å². The molecule has 4 nitrogen and oxygen atoms in total. The molecule has 0 aliphatic rings. The number of hydrogen-bond acceptors (Lipinski definition) is 4. The zero-order valence-electron chi connectivity index (χ0n) is 9.77. The summed E-state index contributed by atoms with van der Waals surface area (Å²) < 4.78 is 27.5. The minimum absolute atomic E-state index is 0.0347. The lowest BCUT2D eigenvalue weighted by Gasteiger charge is -2.16. The molecular formula is C11H19NO3S. The molecule has 0 radical (unpaired) electrons. The van der Waals surface area contributed by atoms with E-state index in [2.05, 4.69) is 12.2 Å². The molecule has 1 aromatic heterocycles. The van der Waals surface area contributed by atoms with Gasteiger partial charge in [-0.05, 0) is 31.0 Å². The van der Waals surface area contributed by atoms with Gasteiger partial charge in [0.2, 0.25) is 0 Å². The van der Waals surface area contributed by atoms with Crippen molar-refractivity contribution in [1.82, 2.24) is 5.32 Å². The third-order valence-electron chi connectivity index (χ3n) is 2.25.